The Labute approximate surface area is 144 Å². The van der Waals surface area contributed by atoms with E-state index in [4.69, 9.17) is 4.52 Å². The Balaban J connectivity index is 2.60. The van der Waals surface area contributed by atoms with E-state index in [1.807, 2.05) is 31.1 Å². The van der Waals surface area contributed by atoms with E-state index in [1.54, 1.807) is 0 Å². The number of benzene rings is 1. The average Bonchev–Trinajstić information content (AvgIpc) is 2.83. The van der Waals surface area contributed by atoms with Crippen LogP contribution < -0.4 is 0 Å². The molecule has 0 spiro atoms. The van der Waals surface area contributed by atoms with Gasteiger partial charge in [-0.2, -0.15) is 4.98 Å². The number of phenolic OH excluding ortho intramolecular Hbond substituents is 1. The Bertz CT molecular complexity index is 684. The van der Waals surface area contributed by atoms with E-state index in [-0.39, 0.29) is 10.8 Å². The van der Waals surface area contributed by atoms with E-state index in [0.29, 0.717) is 24.0 Å². The number of hydrogen-bond acceptors (Lipinski definition) is 5. The van der Waals surface area contributed by atoms with Gasteiger partial charge in [0.15, 0.2) is 5.82 Å². The first-order valence-electron chi connectivity index (χ1n) is 8.25. The summed E-state index contributed by atoms with van der Waals surface area (Å²) >= 11 is 0. The second-order valence-electron chi connectivity index (χ2n) is 8.67. The van der Waals surface area contributed by atoms with Gasteiger partial charge in [-0.25, -0.2) is 0 Å². The molecule has 5 nitrogen and oxygen atoms in total. The lowest BCUT2D eigenvalue weighted by molar-refractivity contribution is 0.365. The first-order valence-corrected chi connectivity index (χ1v) is 8.25. The summed E-state index contributed by atoms with van der Waals surface area (Å²) in [5, 5.41) is 14.8. The maximum atomic E-state index is 10.8. The van der Waals surface area contributed by atoms with Crippen molar-refractivity contribution < 1.29 is 9.63 Å². The van der Waals surface area contributed by atoms with Crippen LogP contribution in [-0.2, 0) is 17.4 Å². The zero-order valence-corrected chi connectivity index (χ0v) is 16.1. The quantitative estimate of drug-likeness (QED) is 0.917. The molecule has 24 heavy (non-hydrogen) atoms. The van der Waals surface area contributed by atoms with Crippen LogP contribution in [0.3, 0.4) is 0 Å². The summed E-state index contributed by atoms with van der Waals surface area (Å²) < 4.78 is 5.46. The van der Waals surface area contributed by atoms with Crippen molar-refractivity contribution >= 4 is 0 Å². The Hall–Kier alpha value is -1.88. The lowest BCUT2D eigenvalue weighted by Crippen LogP contribution is -2.17. The highest BCUT2D eigenvalue weighted by molar-refractivity contribution is 5.62. The van der Waals surface area contributed by atoms with Gasteiger partial charge in [0.05, 0.1) is 6.54 Å². The highest BCUT2D eigenvalue weighted by atomic mass is 16.5. The monoisotopic (exact) mass is 331 g/mol. The van der Waals surface area contributed by atoms with Crippen molar-refractivity contribution in [3.05, 3.63) is 29.1 Å². The minimum absolute atomic E-state index is 0.188. The van der Waals surface area contributed by atoms with Crippen LogP contribution in [0.15, 0.2) is 16.7 Å². The van der Waals surface area contributed by atoms with Crippen molar-refractivity contribution in [3.63, 3.8) is 0 Å². The molecule has 0 amide bonds. The lowest BCUT2D eigenvalue weighted by Gasteiger charge is -2.27. The summed E-state index contributed by atoms with van der Waals surface area (Å²) in [6.07, 6.45) is 0. The Kier molecular flexibility index (Phi) is 4.77. The van der Waals surface area contributed by atoms with E-state index in [0.717, 1.165) is 16.7 Å². The summed E-state index contributed by atoms with van der Waals surface area (Å²) in [6, 6.07) is 3.91. The van der Waals surface area contributed by atoms with Gasteiger partial charge in [-0.05, 0) is 37.1 Å². The molecule has 1 aromatic carbocycles. The SMILES string of the molecule is CN(C)Cc1noc(-c2cc(C(C)(C)C)c(O)c(C(C)(C)C)c2)n1. The highest BCUT2D eigenvalue weighted by Crippen LogP contribution is 2.41. The molecule has 132 valence electrons. The van der Waals surface area contributed by atoms with Crippen molar-refractivity contribution in [2.24, 2.45) is 0 Å². The Morgan fingerprint density at radius 3 is 1.92 bits per heavy atom. The molecule has 0 saturated carbocycles. The topological polar surface area (TPSA) is 62.4 Å². The molecule has 1 heterocycles. The molecule has 0 bridgehead atoms. The fourth-order valence-electron chi connectivity index (χ4n) is 2.62. The third-order valence-electron chi connectivity index (χ3n) is 3.90. The van der Waals surface area contributed by atoms with Crippen molar-refractivity contribution in [3.8, 4) is 17.2 Å². The molecule has 2 rings (SSSR count). The molecule has 1 aromatic heterocycles. The molecule has 0 aliphatic heterocycles. The summed E-state index contributed by atoms with van der Waals surface area (Å²) in [7, 11) is 3.93. The smallest absolute Gasteiger partial charge is 0.257 e. The van der Waals surface area contributed by atoms with Crippen LogP contribution in [0.25, 0.3) is 11.5 Å². The normalized spacial score (nSPS) is 12.9. The second kappa shape index (κ2) is 6.20. The largest absolute Gasteiger partial charge is 0.507 e. The molecule has 0 unspecified atom stereocenters. The number of aromatic hydroxyl groups is 1. The predicted molar refractivity (Wildman–Crippen MR) is 96.2 cm³/mol. The van der Waals surface area contributed by atoms with Gasteiger partial charge in [-0.1, -0.05) is 46.7 Å². The number of phenols is 1. The van der Waals surface area contributed by atoms with E-state index < -0.39 is 0 Å². The zero-order valence-electron chi connectivity index (χ0n) is 16.1. The molecule has 1 N–H and O–H groups in total. The zero-order chi connectivity index (χ0) is 18.3. The van der Waals surface area contributed by atoms with Crippen LogP contribution in [0, 0.1) is 0 Å². The van der Waals surface area contributed by atoms with Gasteiger partial charge in [-0.15, -0.1) is 0 Å². The minimum Gasteiger partial charge on any atom is -0.507 e. The lowest BCUT2D eigenvalue weighted by atomic mass is 9.78. The van der Waals surface area contributed by atoms with Crippen molar-refractivity contribution in [1.82, 2.24) is 15.0 Å². The van der Waals surface area contributed by atoms with Crippen LogP contribution in [-0.4, -0.2) is 34.2 Å². The van der Waals surface area contributed by atoms with Gasteiger partial charge >= 0.3 is 0 Å². The molecule has 0 radical (unpaired) electrons. The van der Waals surface area contributed by atoms with E-state index >= 15 is 0 Å². The molecule has 5 heteroatoms. The fraction of sp³-hybridized carbons (Fsp3) is 0.579. The van der Waals surface area contributed by atoms with Gasteiger partial charge in [0.2, 0.25) is 0 Å². The van der Waals surface area contributed by atoms with Crippen molar-refractivity contribution in [1.29, 1.82) is 0 Å². The van der Waals surface area contributed by atoms with Crippen LogP contribution in [0.2, 0.25) is 0 Å². The average molecular weight is 331 g/mol. The minimum atomic E-state index is -0.188. The van der Waals surface area contributed by atoms with Crippen LogP contribution in [0.5, 0.6) is 5.75 Å². The first kappa shape index (κ1) is 18.5. The van der Waals surface area contributed by atoms with E-state index in [2.05, 4.69) is 51.7 Å². The van der Waals surface area contributed by atoms with E-state index in [1.165, 1.54) is 0 Å². The van der Waals surface area contributed by atoms with Gasteiger partial charge in [0.25, 0.3) is 5.89 Å². The van der Waals surface area contributed by atoms with Gasteiger partial charge in [-0.3, -0.25) is 0 Å². The standard InChI is InChI=1S/C19H29N3O2/c1-18(2,3)13-9-12(10-14(16(13)23)19(4,5)6)17-20-15(21-24-17)11-22(7)8/h9-10,23H,11H2,1-8H3. The molecule has 0 aliphatic rings. The van der Waals surface area contributed by atoms with Gasteiger partial charge < -0.3 is 14.5 Å². The molecule has 0 aliphatic carbocycles. The molecule has 0 atom stereocenters. The fourth-order valence-corrected chi connectivity index (χ4v) is 2.62. The third kappa shape index (κ3) is 3.96. The molecular weight excluding hydrogens is 302 g/mol. The number of aromatic nitrogens is 2. The molecule has 0 fully saturated rings. The summed E-state index contributed by atoms with van der Waals surface area (Å²) in [5.41, 5.74) is 2.24. The molecular formula is C19H29N3O2. The van der Waals surface area contributed by atoms with E-state index in [9.17, 15) is 5.11 Å². The van der Waals surface area contributed by atoms with Crippen LogP contribution >= 0.6 is 0 Å². The number of hydrogen-bond donors (Lipinski definition) is 1. The Morgan fingerprint density at radius 2 is 1.50 bits per heavy atom. The second-order valence-corrected chi connectivity index (χ2v) is 8.67. The van der Waals surface area contributed by atoms with Crippen molar-refractivity contribution in [2.75, 3.05) is 14.1 Å². The maximum absolute atomic E-state index is 10.8. The van der Waals surface area contributed by atoms with Gasteiger partial charge in [0, 0.05) is 16.7 Å². The highest BCUT2D eigenvalue weighted by Gasteiger charge is 2.27. The third-order valence-corrected chi connectivity index (χ3v) is 3.90. The summed E-state index contributed by atoms with van der Waals surface area (Å²) in [4.78, 5) is 6.49. The van der Waals surface area contributed by atoms with Gasteiger partial charge in [0.1, 0.15) is 5.75 Å². The molecule has 0 saturated heterocycles. The van der Waals surface area contributed by atoms with Crippen LogP contribution in [0.1, 0.15) is 58.5 Å². The van der Waals surface area contributed by atoms with Crippen LogP contribution in [0.4, 0.5) is 0 Å². The Morgan fingerprint density at radius 1 is 1.00 bits per heavy atom. The summed E-state index contributed by atoms with van der Waals surface area (Å²) in [6.45, 7) is 13.1. The number of nitrogens with zero attached hydrogens (tertiary/aromatic N) is 3. The summed E-state index contributed by atoms with van der Waals surface area (Å²) in [5.74, 6) is 1.49. The van der Waals surface area contributed by atoms with Crippen molar-refractivity contribution in [2.45, 2.75) is 58.9 Å². The molecule has 2 aromatic rings. The number of rotatable bonds is 3. The first-order chi connectivity index (χ1) is 10.9. The predicted octanol–water partition coefficient (Wildman–Crippen LogP) is 4.10. The maximum Gasteiger partial charge on any atom is 0.257 e.